The van der Waals surface area contributed by atoms with Crippen molar-refractivity contribution in [2.45, 2.75) is 26.2 Å². The molecule has 4 nitrogen and oxygen atoms in total. The molecule has 19 heavy (non-hydrogen) atoms. The van der Waals surface area contributed by atoms with Gasteiger partial charge in [-0.15, -0.1) is 0 Å². The number of ether oxygens (including phenoxy) is 2. The van der Waals surface area contributed by atoms with Gasteiger partial charge in [-0.25, -0.2) is 0 Å². The third kappa shape index (κ3) is 2.21. The molecule has 0 bridgehead atoms. The smallest absolute Gasteiger partial charge is 0.175 e. The van der Waals surface area contributed by atoms with Crippen molar-refractivity contribution in [2.24, 2.45) is 5.41 Å². The normalized spacial score (nSPS) is 16.6. The number of Topliss-reactive ketones (excluding diaryl/α,β-unsaturated/α-hetero) is 1. The van der Waals surface area contributed by atoms with Gasteiger partial charge in [-0.3, -0.25) is 4.79 Å². The summed E-state index contributed by atoms with van der Waals surface area (Å²) >= 11 is 0. The summed E-state index contributed by atoms with van der Waals surface area (Å²) in [5.41, 5.74) is 0.800. The van der Waals surface area contributed by atoms with E-state index in [-0.39, 0.29) is 12.4 Å². The Kier molecular flexibility index (Phi) is 3.80. The molecule has 0 aromatic heterocycles. The summed E-state index contributed by atoms with van der Waals surface area (Å²) in [6.07, 6.45) is 2.46. The van der Waals surface area contributed by atoms with Crippen molar-refractivity contribution >= 4 is 5.78 Å². The Balaban J connectivity index is 2.45. The van der Waals surface area contributed by atoms with Gasteiger partial charge in [0.25, 0.3) is 0 Å². The highest BCUT2D eigenvalue weighted by atomic mass is 16.5. The lowest BCUT2D eigenvalue weighted by Crippen LogP contribution is -2.41. The topological polar surface area (TPSA) is 55.8 Å². The Morgan fingerprint density at radius 2 is 1.89 bits per heavy atom. The molecule has 1 aliphatic rings. The minimum absolute atomic E-state index is 0.0450. The van der Waals surface area contributed by atoms with Crippen LogP contribution in [0.2, 0.25) is 0 Å². The van der Waals surface area contributed by atoms with Crippen molar-refractivity contribution in [3.8, 4) is 11.5 Å². The minimum Gasteiger partial charge on any atom is -0.496 e. The number of hydrogen-bond acceptors (Lipinski definition) is 4. The SMILES string of the molecule is COc1cc(C(=O)C2(CO)CCC2)c(OC)cc1C. The fourth-order valence-corrected chi connectivity index (χ4v) is 2.57. The first-order valence-corrected chi connectivity index (χ1v) is 6.46. The molecular formula is C15H20O4. The van der Waals surface area contributed by atoms with Crippen LogP contribution in [0.4, 0.5) is 0 Å². The van der Waals surface area contributed by atoms with E-state index in [1.807, 2.05) is 6.92 Å². The highest BCUT2D eigenvalue weighted by molar-refractivity contribution is 6.03. The maximum Gasteiger partial charge on any atom is 0.175 e. The molecule has 0 amide bonds. The zero-order chi connectivity index (χ0) is 14.0. The van der Waals surface area contributed by atoms with E-state index in [0.717, 1.165) is 24.8 Å². The van der Waals surface area contributed by atoms with Crippen LogP contribution in [-0.2, 0) is 0 Å². The van der Waals surface area contributed by atoms with Crippen LogP contribution in [0, 0.1) is 12.3 Å². The molecule has 0 heterocycles. The summed E-state index contributed by atoms with van der Waals surface area (Å²) in [6, 6.07) is 3.52. The number of aliphatic hydroxyl groups is 1. The van der Waals surface area contributed by atoms with Crippen molar-refractivity contribution in [1.29, 1.82) is 0 Å². The van der Waals surface area contributed by atoms with Gasteiger partial charge >= 0.3 is 0 Å². The molecule has 4 heteroatoms. The molecule has 1 aromatic carbocycles. The molecule has 1 aliphatic carbocycles. The summed E-state index contributed by atoms with van der Waals surface area (Å²) in [5.74, 6) is 1.16. The van der Waals surface area contributed by atoms with Crippen molar-refractivity contribution in [2.75, 3.05) is 20.8 Å². The van der Waals surface area contributed by atoms with Gasteiger partial charge in [0.2, 0.25) is 0 Å². The van der Waals surface area contributed by atoms with Gasteiger partial charge < -0.3 is 14.6 Å². The van der Waals surface area contributed by atoms with Crippen LogP contribution in [0.3, 0.4) is 0 Å². The molecule has 0 spiro atoms. The Labute approximate surface area is 113 Å². The van der Waals surface area contributed by atoms with Gasteiger partial charge in [0.05, 0.1) is 31.8 Å². The van der Waals surface area contributed by atoms with Crippen molar-refractivity contribution in [1.82, 2.24) is 0 Å². The van der Waals surface area contributed by atoms with Gasteiger partial charge in [-0.1, -0.05) is 6.42 Å². The van der Waals surface area contributed by atoms with Gasteiger partial charge in [0.1, 0.15) is 11.5 Å². The van der Waals surface area contributed by atoms with E-state index in [1.54, 1.807) is 26.4 Å². The van der Waals surface area contributed by atoms with Crippen LogP contribution in [0.15, 0.2) is 12.1 Å². The third-order valence-electron chi connectivity index (χ3n) is 4.06. The molecule has 0 radical (unpaired) electrons. The van der Waals surface area contributed by atoms with Crippen LogP contribution in [0.5, 0.6) is 11.5 Å². The summed E-state index contributed by atoms with van der Waals surface area (Å²) in [7, 11) is 3.12. The van der Waals surface area contributed by atoms with Crippen molar-refractivity contribution in [3.63, 3.8) is 0 Å². The van der Waals surface area contributed by atoms with E-state index in [2.05, 4.69) is 0 Å². The highest BCUT2D eigenvalue weighted by Crippen LogP contribution is 2.45. The van der Waals surface area contributed by atoms with Crippen LogP contribution < -0.4 is 9.47 Å². The number of carbonyl (C=O) groups is 1. The van der Waals surface area contributed by atoms with E-state index in [4.69, 9.17) is 9.47 Å². The first kappa shape index (κ1) is 13.9. The zero-order valence-electron chi connectivity index (χ0n) is 11.7. The summed E-state index contributed by atoms with van der Waals surface area (Å²) < 4.78 is 10.6. The molecule has 2 rings (SSSR count). The number of aryl methyl sites for hydroxylation is 1. The monoisotopic (exact) mass is 264 g/mol. The average Bonchev–Trinajstić information content (AvgIpc) is 2.37. The van der Waals surface area contributed by atoms with E-state index < -0.39 is 5.41 Å². The number of aliphatic hydroxyl groups excluding tert-OH is 1. The van der Waals surface area contributed by atoms with Gasteiger partial charge in [-0.2, -0.15) is 0 Å². The van der Waals surface area contributed by atoms with E-state index in [9.17, 15) is 9.90 Å². The summed E-state index contributed by atoms with van der Waals surface area (Å²) in [5, 5.41) is 9.52. The Bertz CT molecular complexity index is 484. The first-order valence-electron chi connectivity index (χ1n) is 6.46. The lowest BCUT2D eigenvalue weighted by molar-refractivity contribution is 0.0345. The molecule has 0 aliphatic heterocycles. The second-order valence-corrected chi connectivity index (χ2v) is 5.14. The molecule has 0 unspecified atom stereocenters. The molecule has 1 N–H and O–H groups in total. The molecule has 104 valence electrons. The summed E-state index contributed by atoms with van der Waals surface area (Å²) in [6.45, 7) is 1.80. The van der Waals surface area contributed by atoms with Crippen LogP contribution in [0.25, 0.3) is 0 Å². The quantitative estimate of drug-likeness (QED) is 0.829. The molecule has 1 aromatic rings. The maximum absolute atomic E-state index is 12.6. The first-order chi connectivity index (χ1) is 9.07. The Hall–Kier alpha value is -1.55. The summed E-state index contributed by atoms with van der Waals surface area (Å²) in [4.78, 5) is 12.6. The fraction of sp³-hybridized carbons (Fsp3) is 0.533. The van der Waals surface area contributed by atoms with Gasteiger partial charge in [0.15, 0.2) is 5.78 Å². The molecule has 1 fully saturated rings. The predicted octanol–water partition coefficient (Wildman–Crippen LogP) is 2.36. The van der Waals surface area contributed by atoms with Gasteiger partial charge in [0, 0.05) is 0 Å². The minimum atomic E-state index is -0.618. The maximum atomic E-state index is 12.6. The Morgan fingerprint density at radius 1 is 1.26 bits per heavy atom. The van der Waals surface area contributed by atoms with Crippen LogP contribution in [0.1, 0.15) is 35.2 Å². The molecule has 0 atom stereocenters. The fourth-order valence-electron chi connectivity index (χ4n) is 2.57. The third-order valence-corrected chi connectivity index (χ3v) is 4.06. The highest BCUT2D eigenvalue weighted by Gasteiger charge is 2.44. The number of ketones is 1. The second-order valence-electron chi connectivity index (χ2n) is 5.14. The molecular weight excluding hydrogens is 244 g/mol. The second kappa shape index (κ2) is 5.21. The number of methoxy groups -OCH3 is 2. The van der Waals surface area contributed by atoms with E-state index >= 15 is 0 Å². The van der Waals surface area contributed by atoms with Crippen LogP contribution in [-0.4, -0.2) is 31.7 Å². The number of benzene rings is 1. The number of rotatable bonds is 5. The predicted molar refractivity (Wildman–Crippen MR) is 72.0 cm³/mol. The van der Waals surface area contributed by atoms with Gasteiger partial charge in [-0.05, 0) is 37.5 Å². The van der Waals surface area contributed by atoms with Crippen molar-refractivity contribution < 1.29 is 19.4 Å². The lowest BCUT2D eigenvalue weighted by Gasteiger charge is -2.38. The Morgan fingerprint density at radius 3 is 2.32 bits per heavy atom. The van der Waals surface area contributed by atoms with E-state index in [1.165, 1.54) is 0 Å². The number of hydrogen-bond donors (Lipinski definition) is 1. The standard InChI is InChI=1S/C15H20O4/c1-10-7-13(19-3)11(8-12(10)18-2)14(17)15(9-16)5-4-6-15/h7-8,16H,4-6,9H2,1-3H3. The molecule has 1 saturated carbocycles. The zero-order valence-corrected chi connectivity index (χ0v) is 11.7. The molecule has 0 saturated heterocycles. The largest absolute Gasteiger partial charge is 0.496 e. The van der Waals surface area contributed by atoms with E-state index in [0.29, 0.717) is 17.1 Å². The van der Waals surface area contributed by atoms with Crippen LogP contribution >= 0.6 is 0 Å². The van der Waals surface area contributed by atoms with Crippen molar-refractivity contribution in [3.05, 3.63) is 23.3 Å². The lowest BCUT2D eigenvalue weighted by atomic mass is 9.65. The average molecular weight is 264 g/mol. The number of carbonyl (C=O) groups excluding carboxylic acids is 1.